The summed E-state index contributed by atoms with van der Waals surface area (Å²) >= 11 is 5.88. The predicted octanol–water partition coefficient (Wildman–Crippen LogP) is 3.27. The summed E-state index contributed by atoms with van der Waals surface area (Å²) in [5.74, 6) is 0. The lowest BCUT2D eigenvalue weighted by molar-refractivity contribution is 0.160. The highest BCUT2D eigenvalue weighted by Gasteiger charge is 2.06. The molecule has 0 radical (unpaired) electrons. The summed E-state index contributed by atoms with van der Waals surface area (Å²) in [7, 11) is 0. The molecule has 0 aliphatic carbocycles. The Kier molecular flexibility index (Phi) is 4.92. The van der Waals surface area contributed by atoms with Crippen LogP contribution in [0.3, 0.4) is 0 Å². The number of hydrogen-bond donors (Lipinski definition) is 2. The van der Waals surface area contributed by atoms with Gasteiger partial charge in [0.1, 0.15) is 0 Å². The number of nitrogens with one attached hydrogen (secondary N) is 1. The Labute approximate surface area is 99.7 Å². The predicted molar refractivity (Wildman–Crippen MR) is 65.7 cm³/mol. The van der Waals surface area contributed by atoms with Crippen LogP contribution in [-0.4, -0.2) is 12.7 Å². The molecule has 0 fully saturated rings. The summed E-state index contributed by atoms with van der Waals surface area (Å²) in [6, 6.07) is 4.87. The van der Waals surface area contributed by atoms with Gasteiger partial charge in [-0.25, -0.2) is 4.79 Å². The second-order valence-electron chi connectivity index (χ2n) is 3.35. The first-order valence-corrected chi connectivity index (χ1v) is 5.50. The van der Waals surface area contributed by atoms with Crippen LogP contribution in [0.25, 0.3) is 0 Å². The molecule has 0 aliphatic heterocycles. The summed E-state index contributed by atoms with van der Waals surface area (Å²) in [6.07, 6.45) is 1.33. The molecule has 0 saturated carbocycles. The third kappa shape index (κ3) is 3.98. The molecule has 0 aromatic heterocycles. The highest BCUT2D eigenvalue weighted by molar-refractivity contribution is 6.33. The second-order valence-corrected chi connectivity index (χ2v) is 3.76. The average Bonchev–Trinajstić information content (AvgIpc) is 2.23. The first-order valence-electron chi connectivity index (χ1n) is 5.12. The number of unbranched alkanes of at least 4 members (excludes halogenated alkanes) is 1. The van der Waals surface area contributed by atoms with Crippen molar-refractivity contribution in [2.24, 2.45) is 0 Å². The van der Waals surface area contributed by atoms with Gasteiger partial charge in [0, 0.05) is 5.69 Å². The van der Waals surface area contributed by atoms with Gasteiger partial charge >= 0.3 is 6.09 Å². The van der Waals surface area contributed by atoms with E-state index in [0.29, 0.717) is 23.0 Å². The van der Waals surface area contributed by atoms with E-state index in [2.05, 4.69) is 5.32 Å². The van der Waals surface area contributed by atoms with Gasteiger partial charge in [0.25, 0.3) is 0 Å². The fraction of sp³-hybridized carbons (Fsp3) is 0.364. The largest absolute Gasteiger partial charge is 0.449 e. The van der Waals surface area contributed by atoms with Crippen molar-refractivity contribution in [2.75, 3.05) is 17.7 Å². The molecule has 16 heavy (non-hydrogen) atoms. The number of carbonyl (C=O) groups excluding carboxylic acids is 1. The van der Waals surface area contributed by atoms with Crippen molar-refractivity contribution in [1.29, 1.82) is 0 Å². The minimum absolute atomic E-state index is 0.396. The molecule has 5 heteroatoms. The van der Waals surface area contributed by atoms with Gasteiger partial charge in [-0.2, -0.15) is 0 Å². The second kappa shape index (κ2) is 6.23. The minimum Gasteiger partial charge on any atom is -0.449 e. The van der Waals surface area contributed by atoms with Crippen LogP contribution in [0.1, 0.15) is 19.8 Å². The Morgan fingerprint density at radius 2 is 2.31 bits per heavy atom. The highest BCUT2D eigenvalue weighted by Crippen LogP contribution is 2.23. The molecule has 0 heterocycles. The first-order chi connectivity index (χ1) is 7.63. The Morgan fingerprint density at radius 1 is 1.56 bits per heavy atom. The summed E-state index contributed by atoms with van der Waals surface area (Å²) < 4.78 is 4.93. The van der Waals surface area contributed by atoms with Gasteiger partial charge in [0.05, 0.1) is 17.3 Å². The SMILES string of the molecule is CCCCOC(=O)Nc1ccc(N)cc1Cl. The van der Waals surface area contributed by atoms with Crippen LogP contribution in [0.2, 0.25) is 5.02 Å². The molecule has 1 aromatic rings. The van der Waals surface area contributed by atoms with Crippen molar-refractivity contribution in [2.45, 2.75) is 19.8 Å². The molecule has 1 rings (SSSR count). The molecule has 3 N–H and O–H groups in total. The molecule has 1 amide bonds. The molecule has 0 spiro atoms. The van der Waals surface area contributed by atoms with Crippen LogP contribution in [0.15, 0.2) is 18.2 Å². The molecular weight excluding hydrogens is 228 g/mol. The summed E-state index contributed by atoms with van der Waals surface area (Å²) in [4.78, 5) is 11.3. The lowest BCUT2D eigenvalue weighted by Crippen LogP contribution is -2.14. The summed E-state index contributed by atoms with van der Waals surface area (Å²) in [5, 5.41) is 2.94. The zero-order valence-electron chi connectivity index (χ0n) is 9.13. The van der Waals surface area contributed by atoms with Crippen molar-refractivity contribution in [3.63, 3.8) is 0 Å². The van der Waals surface area contributed by atoms with Gasteiger partial charge in [-0.3, -0.25) is 5.32 Å². The number of ether oxygens (including phenoxy) is 1. The fourth-order valence-corrected chi connectivity index (χ4v) is 1.32. The number of nitrogens with two attached hydrogens (primary N) is 1. The van der Waals surface area contributed by atoms with Crippen molar-refractivity contribution >= 4 is 29.1 Å². The van der Waals surface area contributed by atoms with E-state index >= 15 is 0 Å². The van der Waals surface area contributed by atoms with E-state index in [9.17, 15) is 4.79 Å². The van der Waals surface area contributed by atoms with Crippen LogP contribution < -0.4 is 11.1 Å². The fourth-order valence-electron chi connectivity index (χ4n) is 1.09. The van der Waals surface area contributed by atoms with Crippen LogP contribution in [0.5, 0.6) is 0 Å². The van der Waals surface area contributed by atoms with E-state index in [0.717, 1.165) is 12.8 Å². The van der Waals surface area contributed by atoms with Gasteiger partial charge in [-0.1, -0.05) is 24.9 Å². The molecule has 88 valence electrons. The lowest BCUT2D eigenvalue weighted by atomic mass is 10.3. The Hall–Kier alpha value is -1.42. The van der Waals surface area contributed by atoms with Crippen molar-refractivity contribution < 1.29 is 9.53 Å². The normalized spacial score (nSPS) is 9.88. The third-order valence-electron chi connectivity index (χ3n) is 1.96. The number of anilines is 2. The molecule has 0 aliphatic rings. The molecule has 0 atom stereocenters. The first kappa shape index (κ1) is 12.6. The maximum Gasteiger partial charge on any atom is 0.411 e. The number of carbonyl (C=O) groups is 1. The number of halogens is 1. The zero-order chi connectivity index (χ0) is 12.0. The van der Waals surface area contributed by atoms with Crippen LogP contribution >= 0.6 is 11.6 Å². The Bertz CT molecular complexity index is 369. The summed E-state index contributed by atoms with van der Waals surface area (Å²) in [6.45, 7) is 2.44. The maximum atomic E-state index is 11.3. The highest BCUT2D eigenvalue weighted by atomic mass is 35.5. The third-order valence-corrected chi connectivity index (χ3v) is 2.27. The number of hydrogen-bond acceptors (Lipinski definition) is 3. The van der Waals surface area contributed by atoms with Crippen LogP contribution in [-0.2, 0) is 4.74 Å². The van der Waals surface area contributed by atoms with Gasteiger partial charge < -0.3 is 10.5 Å². The molecule has 0 bridgehead atoms. The maximum absolute atomic E-state index is 11.3. The topological polar surface area (TPSA) is 64.3 Å². The van der Waals surface area contributed by atoms with E-state index in [4.69, 9.17) is 22.1 Å². The van der Waals surface area contributed by atoms with Crippen LogP contribution in [0, 0.1) is 0 Å². The standard InChI is InChI=1S/C11H15ClN2O2/c1-2-3-6-16-11(15)14-10-5-4-8(13)7-9(10)12/h4-5,7H,2-3,6,13H2,1H3,(H,14,15). The van der Waals surface area contributed by atoms with Crippen LogP contribution in [0.4, 0.5) is 16.2 Å². The molecule has 0 unspecified atom stereocenters. The number of benzene rings is 1. The minimum atomic E-state index is -0.500. The van der Waals surface area contributed by atoms with Gasteiger partial charge in [-0.05, 0) is 24.6 Å². The van der Waals surface area contributed by atoms with E-state index in [1.54, 1.807) is 18.2 Å². The monoisotopic (exact) mass is 242 g/mol. The number of nitrogen functional groups attached to an aromatic ring is 1. The lowest BCUT2D eigenvalue weighted by Gasteiger charge is -2.08. The molecular formula is C11H15ClN2O2. The number of rotatable bonds is 4. The van der Waals surface area contributed by atoms with Gasteiger partial charge in [0.2, 0.25) is 0 Å². The molecule has 1 aromatic carbocycles. The van der Waals surface area contributed by atoms with E-state index in [1.165, 1.54) is 0 Å². The zero-order valence-corrected chi connectivity index (χ0v) is 9.88. The van der Waals surface area contributed by atoms with Crippen molar-refractivity contribution in [1.82, 2.24) is 0 Å². The van der Waals surface area contributed by atoms with E-state index in [1.807, 2.05) is 6.92 Å². The Balaban J connectivity index is 2.49. The van der Waals surface area contributed by atoms with Gasteiger partial charge in [-0.15, -0.1) is 0 Å². The summed E-state index contributed by atoms with van der Waals surface area (Å²) in [5.41, 5.74) is 6.58. The van der Waals surface area contributed by atoms with Crippen molar-refractivity contribution in [3.05, 3.63) is 23.2 Å². The van der Waals surface area contributed by atoms with E-state index < -0.39 is 6.09 Å². The molecule has 0 saturated heterocycles. The Morgan fingerprint density at radius 3 is 2.94 bits per heavy atom. The van der Waals surface area contributed by atoms with E-state index in [-0.39, 0.29) is 0 Å². The number of amides is 1. The smallest absolute Gasteiger partial charge is 0.411 e. The average molecular weight is 243 g/mol. The van der Waals surface area contributed by atoms with Crippen molar-refractivity contribution in [3.8, 4) is 0 Å². The van der Waals surface area contributed by atoms with Gasteiger partial charge in [0.15, 0.2) is 0 Å². The quantitative estimate of drug-likeness (QED) is 0.629. The molecule has 4 nitrogen and oxygen atoms in total.